The van der Waals surface area contributed by atoms with Crippen LogP contribution in [-0.2, 0) is 11.9 Å². The van der Waals surface area contributed by atoms with E-state index in [9.17, 15) is 0 Å². The lowest BCUT2D eigenvalue weighted by molar-refractivity contribution is 0.298. The van der Waals surface area contributed by atoms with Crippen LogP contribution in [0.25, 0.3) is 0 Å². The fraction of sp³-hybridized carbons (Fsp3) is 0.312. The average Bonchev–Trinajstić information content (AvgIpc) is 2.48. The molecule has 0 unspecified atom stereocenters. The SMILES string of the molecule is COc1c(C)cnc(COc2ccc(Br)c(CBr)c2)c1C. The molecule has 0 aliphatic heterocycles. The summed E-state index contributed by atoms with van der Waals surface area (Å²) in [6.45, 7) is 4.41. The Hall–Kier alpha value is -1.07. The molecule has 0 aliphatic rings. The molecule has 5 heteroatoms. The standard InChI is InChI=1S/C16H17Br2NO2/c1-10-8-19-15(11(2)16(10)20-3)9-21-13-4-5-14(18)12(6-13)7-17/h4-6,8H,7,9H2,1-3H3. The molecule has 0 spiro atoms. The lowest BCUT2D eigenvalue weighted by atomic mass is 10.1. The number of nitrogens with zero attached hydrogens (tertiary/aromatic N) is 1. The Morgan fingerprint density at radius 1 is 1.24 bits per heavy atom. The van der Waals surface area contributed by atoms with Gasteiger partial charge in [-0.25, -0.2) is 0 Å². The van der Waals surface area contributed by atoms with Gasteiger partial charge in [0.15, 0.2) is 0 Å². The predicted molar refractivity (Wildman–Crippen MR) is 91.4 cm³/mol. The fourth-order valence-corrected chi connectivity index (χ4v) is 3.34. The summed E-state index contributed by atoms with van der Waals surface area (Å²) in [6, 6.07) is 5.94. The summed E-state index contributed by atoms with van der Waals surface area (Å²) in [5.74, 6) is 1.70. The third-order valence-corrected chi connectivity index (χ3v) is 4.66. The molecule has 1 heterocycles. The van der Waals surface area contributed by atoms with Crippen LogP contribution in [0.5, 0.6) is 11.5 Å². The Balaban J connectivity index is 2.17. The van der Waals surface area contributed by atoms with Crippen LogP contribution in [0, 0.1) is 13.8 Å². The van der Waals surface area contributed by atoms with Crippen molar-refractivity contribution >= 4 is 31.9 Å². The molecule has 0 atom stereocenters. The van der Waals surface area contributed by atoms with Crippen molar-refractivity contribution in [3.05, 3.63) is 51.3 Å². The largest absolute Gasteiger partial charge is 0.496 e. The zero-order valence-electron chi connectivity index (χ0n) is 12.2. The van der Waals surface area contributed by atoms with Crippen molar-refractivity contribution < 1.29 is 9.47 Å². The van der Waals surface area contributed by atoms with Gasteiger partial charge in [0.2, 0.25) is 0 Å². The summed E-state index contributed by atoms with van der Waals surface area (Å²) in [6.07, 6.45) is 1.82. The van der Waals surface area contributed by atoms with E-state index in [-0.39, 0.29) is 0 Å². The molecule has 1 aromatic heterocycles. The van der Waals surface area contributed by atoms with Gasteiger partial charge in [0.25, 0.3) is 0 Å². The molecule has 0 bridgehead atoms. The van der Waals surface area contributed by atoms with Gasteiger partial charge in [-0.1, -0.05) is 31.9 Å². The van der Waals surface area contributed by atoms with E-state index >= 15 is 0 Å². The number of methoxy groups -OCH3 is 1. The maximum Gasteiger partial charge on any atom is 0.131 e. The van der Waals surface area contributed by atoms with E-state index in [4.69, 9.17) is 9.47 Å². The Bertz CT molecular complexity index is 644. The third kappa shape index (κ3) is 3.77. The number of hydrogen-bond donors (Lipinski definition) is 0. The molecule has 1 aromatic carbocycles. The minimum atomic E-state index is 0.422. The van der Waals surface area contributed by atoms with Crippen molar-refractivity contribution in [3.63, 3.8) is 0 Å². The molecule has 3 nitrogen and oxygen atoms in total. The summed E-state index contributed by atoms with van der Waals surface area (Å²) in [5, 5.41) is 0.778. The second kappa shape index (κ2) is 7.27. The summed E-state index contributed by atoms with van der Waals surface area (Å²) < 4.78 is 12.3. The minimum Gasteiger partial charge on any atom is -0.496 e. The van der Waals surface area contributed by atoms with Gasteiger partial charge in [-0.3, -0.25) is 4.98 Å². The van der Waals surface area contributed by atoms with Gasteiger partial charge in [-0.15, -0.1) is 0 Å². The van der Waals surface area contributed by atoms with E-state index < -0.39 is 0 Å². The van der Waals surface area contributed by atoms with Crippen LogP contribution in [0.2, 0.25) is 0 Å². The van der Waals surface area contributed by atoms with E-state index in [0.29, 0.717) is 6.61 Å². The average molecular weight is 415 g/mol. The van der Waals surface area contributed by atoms with Crippen LogP contribution < -0.4 is 9.47 Å². The second-order valence-electron chi connectivity index (χ2n) is 4.72. The smallest absolute Gasteiger partial charge is 0.131 e. The first kappa shape index (κ1) is 16.3. The van der Waals surface area contributed by atoms with E-state index in [1.54, 1.807) is 7.11 Å². The van der Waals surface area contributed by atoms with Gasteiger partial charge in [-0.05, 0) is 37.6 Å². The molecule has 2 rings (SSSR count). The maximum atomic E-state index is 5.85. The van der Waals surface area contributed by atoms with Crippen LogP contribution >= 0.6 is 31.9 Å². The van der Waals surface area contributed by atoms with Crippen LogP contribution in [0.1, 0.15) is 22.4 Å². The van der Waals surface area contributed by atoms with E-state index in [2.05, 4.69) is 36.8 Å². The highest BCUT2D eigenvalue weighted by molar-refractivity contribution is 9.10. The third-order valence-electron chi connectivity index (χ3n) is 3.29. The number of ether oxygens (including phenoxy) is 2. The number of hydrogen-bond acceptors (Lipinski definition) is 3. The number of halogens is 2. The number of benzene rings is 1. The minimum absolute atomic E-state index is 0.422. The van der Waals surface area contributed by atoms with Crippen LogP contribution in [-0.4, -0.2) is 12.1 Å². The molecule has 0 fully saturated rings. The van der Waals surface area contributed by atoms with Crippen molar-refractivity contribution in [3.8, 4) is 11.5 Å². The topological polar surface area (TPSA) is 31.4 Å². The monoisotopic (exact) mass is 413 g/mol. The van der Waals surface area contributed by atoms with Crippen LogP contribution in [0.4, 0.5) is 0 Å². The molecular formula is C16H17Br2NO2. The highest BCUT2D eigenvalue weighted by Crippen LogP contribution is 2.27. The molecule has 2 aromatic rings. The number of rotatable bonds is 5. The molecule has 0 radical (unpaired) electrons. The highest BCUT2D eigenvalue weighted by Gasteiger charge is 2.10. The van der Waals surface area contributed by atoms with Crippen LogP contribution in [0.3, 0.4) is 0 Å². The van der Waals surface area contributed by atoms with Crippen molar-refractivity contribution in [1.29, 1.82) is 0 Å². The Labute approximate surface area is 141 Å². The maximum absolute atomic E-state index is 5.85. The zero-order chi connectivity index (χ0) is 15.4. The normalized spacial score (nSPS) is 10.5. The first-order valence-corrected chi connectivity index (χ1v) is 8.44. The summed E-state index contributed by atoms with van der Waals surface area (Å²) >= 11 is 6.97. The Kier molecular flexibility index (Phi) is 5.65. The summed E-state index contributed by atoms with van der Waals surface area (Å²) in [4.78, 5) is 4.44. The number of alkyl halides is 1. The second-order valence-corrected chi connectivity index (χ2v) is 6.14. The molecule has 0 saturated heterocycles. The van der Waals surface area contributed by atoms with Crippen molar-refractivity contribution in [1.82, 2.24) is 4.98 Å². The molecule has 21 heavy (non-hydrogen) atoms. The lowest BCUT2D eigenvalue weighted by Gasteiger charge is -2.13. The summed E-state index contributed by atoms with van der Waals surface area (Å²) in [5.41, 5.74) is 4.10. The Morgan fingerprint density at radius 2 is 2.00 bits per heavy atom. The summed E-state index contributed by atoms with van der Waals surface area (Å²) in [7, 11) is 1.68. The van der Waals surface area contributed by atoms with Crippen molar-refractivity contribution in [2.75, 3.05) is 7.11 Å². The number of aryl methyl sites for hydroxylation is 1. The first-order valence-electron chi connectivity index (χ1n) is 6.53. The number of aromatic nitrogens is 1. The number of pyridine rings is 1. The molecule has 112 valence electrons. The molecule has 0 aliphatic carbocycles. The Morgan fingerprint density at radius 3 is 2.67 bits per heavy atom. The van der Waals surface area contributed by atoms with Gasteiger partial charge in [0.05, 0.1) is 12.8 Å². The molecule has 0 amide bonds. The predicted octanol–water partition coefficient (Wildman–Crippen LogP) is 4.94. The van der Waals surface area contributed by atoms with Gasteiger partial charge in [0.1, 0.15) is 18.1 Å². The van der Waals surface area contributed by atoms with Gasteiger partial charge >= 0.3 is 0 Å². The lowest BCUT2D eigenvalue weighted by Crippen LogP contribution is -2.04. The van der Waals surface area contributed by atoms with Gasteiger partial charge < -0.3 is 9.47 Å². The van der Waals surface area contributed by atoms with E-state index in [1.807, 2.05) is 38.2 Å². The van der Waals surface area contributed by atoms with E-state index in [1.165, 1.54) is 0 Å². The fourth-order valence-electron chi connectivity index (χ4n) is 2.11. The van der Waals surface area contributed by atoms with Gasteiger partial charge in [-0.2, -0.15) is 0 Å². The molecule has 0 N–H and O–H groups in total. The van der Waals surface area contributed by atoms with Crippen LogP contribution in [0.15, 0.2) is 28.9 Å². The molecule has 0 saturated carbocycles. The first-order chi connectivity index (χ1) is 10.1. The van der Waals surface area contributed by atoms with Crippen molar-refractivity contribution in [2.24, 2.45) is 0 Å². The van der Waals surface area contributed by atoms with Gasteiger partial charge in [0, 0.05) is 27.1 Å². The van der Waals surface area contributed by atoms with E-state index in [0.717, 1.165) is 43.7 Å². The quantitative estimate of drug-likeness (QED) is 0.649. The highest BCUT2D eigenvalue weighted by atomic mass is 79.9. The van der Waals surface area contributed by atoms with Crippen molar-refractivity contribution in [2.45, 2.75) is 25.8 Å². The zero-order valence-corrected chi connectivity index (χ0v) is 15.4. The molecular weight excluding hydrogens is 398 g/mol.